The Morgan fingerprint density at radius 1 is 1.21 bits per heavy atom. The molecule has 154 valence electrons. The molecule has 2 aromatic rings. The first-order valence-corrected chi connectivity index (χ1v) is 10.1. The van der Waals surface area contributed by atoms with Crippen molar-refractivity contribution in [2.75, 3.05) is 26.2 Å². The fourth-order valence-electron chi connectivity index (χ4n) is 4.04. The lowest BCUT2D eigenvalue weighted by molar-refractivity contribution is -0.136. The molecule has 0 saturated heterocycles. The third-order valence-electron chi connectivity index (χ3n) is 5.40. The molecular weight excluding hydrogens is 366 g/mol. The van der Waals surface area contributed by atoms with Gasteiger partial charge in [0.1, 0.15) is 5.75 Å². The van der Waals surface area contributed by atoms with E-state index in [4.69, 9.17) is 5.73 Å². The van der Waals surface area contributed by atoms with E-state index in [0.717, 1.165) is 36.9 Å². The number of nitrogens with two attached hydrogens (primary N) is 1. The molecule has 1 aliphatic rings. The van der Waals surface area contributed by atoms with Crippen LogP contribution in [0.1, 0.15) is 36.1 Å². The van der Waals surface area contributed by atoms with E-state index in [0.29, 0.717) is 6.54 Å². The summed E-state index contributed by atoms with van der Waals surface area (Å²) in [6, 6.07) is 15.7. The summed E-state index contributed by atoms with van der Waals surface area (Å²) in [5, 5.41) is 9.87. The number of carbonyl (C=O) groups is 2. The summed E-state index contributed by atoms with van der Waals surface area (Å²) in [7, 11) is 0. The quantitative estimate of drug-likeness (QED) is 0.718. The number of fused-ring (bicyclic) bond motifs is 1. The monoisotopic (exact) mass is 395 g/mol. The van der Waals surface area contributed by atoms with Gasteiger partial charge >= 0.3 is 0 Å². The zero-order valence-electron chi connectivity index (χ0n) is 16.9. The molecule has 0 fully saturated rings. The van der Waals surface area contributed by atoms with Crippen LogP contribution in [0, 0.1) is 0 Å². The maximum Gasteiger partial charge on any atom is 0.237 e. The van der Waals surface area contributed by atoms with Crippen LogP contribution in [-0.4, -0.2) is 52.9 Å². The summed E-state index contributed by atoms with van der Waals surface area (Å²) in [6.45, 7) is 3.40. The van der Waals surface area contributed by atoms with Crippen molar-refractivity contribution < 1.29 is 14.7 Å². The number of benzene rings is 2. The Labute approximate surface area is 171 Å². The molecule has 0 aromatic heterocycles. The van der Waals surface area contributed by atoms with Gasteiger partial charge in [0.15, 0.2) is 0 Å². The molecule has 0 saturated carbocycles. The number of hydrogen-bond donors (Lipinski definition) is 2. The molecule has 0 aliphatic carbocycles. The molecule has 2 amide bonds. The maximum atomic E-state index is 12.9. The van der Waals surface area contributed by atoms with Gasteiger partial charge in [0.25, 0.3) is 0 Å². The van der Waals surface area contributed by atoms with Crippen molar-refractivity contribution in [2.24, 2.45) is 5.73 Å². The Kier molecular flexibility index (Phi) is 6.88. The zero-order chi connectivity index (χ0) is 20.8. The van der Waals surface area contributed by atoms with Crippen LogP contribution in [0.15, 0.2) is 48.5 Å². The van der Waals surface area contributed by atoms with Gasteiger partial charge in [0.05, 0.1) is 13.1 Å². The molecule has 3 rings (SSSR count). The van der Waals surface area contributed by atoms with Gasteiger partial charge in [-0.05, 0) is 48.1 Å². The molecule has 29 heavy (non-hydrogen) atoms. The summed E-state index contributed by atoms with van der Waals surface area (Å²) < 4.78 is 0. The smallest absolute Gasteiger partial charge is 0.237 e. The lowest BCUT2D eigenvalue weighted by atomic mass is 9.88. The number of aromatic hydroxyl groups is 1. The van der Waals surface area contributed by atoms with Crippen molar-refractivity contribution in [3.8, 4) is 5.75 Å². The highest BCUT2D eigenvalue weighted by atomic mass is 16.3. The predicted octanol–water partition coefficient (Wildman–Crippen LogP) is 2.26. The minimum Gasteiger partial charge on any atom is -0.508 e. The number of rotatable bonds is 8. The summed E-state index contributed by atoms with van der Waals surface area (Å²) in [5.74, 6) is -0.305. The van der Waals surface area contributed by atoms with Crippen LogP contribution in [0.4, 0.5) is 0 Å². The number of primary amides is 1. The number of nitrogens with zero attached hydrogens (tertiary/aromatic N) is 2. The standard InChI is InChI=1S/C23H29N3O3/c1-2-11-26(15-22(24)28)23(29)16-25-12-10-18-14-19(27)8-9-20(18)21(25)13-17-6-4-3-5-7-17/h3-9,14,21,27H,2,10-13,15-16H2,1H3,(H2,24,28). The second-order valence-electron chi connectivity index (χ2n) is 7.59. The first-order valence-electron chi connectivity index (χ1n) is 10.1. The third kappa shape index (κ3) is 5.35. The molecule has 0 radical (unpaired) electrons. The van der Waals surface area contributed by atoms with Crippen LogP contribution >= 0.6 is 0 Å². The van der Waals surface area contributed by atoms with Gasteiger partial charge < -0.3 is 15.7 Å². The molecule has 1 aliphatic heterocycles. The van der Waals surface area contributed by atoms with Gasteiger partial charge in [-0.1, -0.05) is 43.3 Å². The number of hydrogen-bond acceptors (Lipinski definition) is 4. The molecular formula is C23H29N3O3. The van der Waals surface area contributed by atoms with Crippen molar-refractivity contribution in [1.82, 2.24) is 9.80 Å². The third-order valence-corrected chi connectivity index (χ3v) is 5.40. The topological polar surface area (TPSA) is 86.9 Å². The van der Waals surface area contributed by atoms with Crippen molar-refractivity contribution in [3.05, 3.63) is 65.2 Å². The largest absolute Gasteiger partial charge is 0.508 e. The number of phenolic OH excluding ortho intramolecular Hbond substituents is 1. The van der Waals surface area contributed by atoms with Crippen LogP contribution in [0.2, 0.25) is 0 Å². The summed E-state index contributed by atoms with van der Waals surface area (Å²) in [5.41, 5.74) is 8.79. The fourth-order valence-corrected chi connectivity index (χ4v) is 4.04. The average molecular weight is 396 g/mol. The predicted molar refractivity (Wildman–Crippen MR) is 112 cm³/mol. The first kappa shape index (κ1) is 20.9. The van der Waals surface area contributed by atoms with E-state index in [1.54, 1.807) is 11.0 Å². The SMILES string of the molecule is CCCN(CC(N)=O)C(=O)CN1CCc2cc(O)ccc2C1Cc1ccccc1. The molecule has 0 bridgehead atoms. The second kappa shape index (κ2) is 9.56. The van der Waals surface area contributed by atoms with Crippen LogP contribution in [0.3, 0.4) is 0 Å². The number of carbonyl (C=O) groups excluding carboxylic acids is 2. The van der Waals surface area contributed by atoms with Crippen LogP contribution in [0.25, 0.3) is 0 Å². The summed E-state index contributed by atoms with van der Waals surface area (Å²) in [6.07, 6.45) is 2.32. The van der Waals surface area contributed by atoms with E-state index >= 15 is 0 Å². The molecule has 6 heteroatoms. The highest BCUT2D eigenvalue weighted by Crippen LogP contribution is 2.34. The van der Waals surface area contributed by atoms with Crippen molar-refractivity contribution in [2.45, 2.75) is 32.2 Å². The van der Waals surface area contributed by atoms with Crippen LogP contribution in [-0.2, 0) is 22.4 Å². The lowest BCUT2D eigenvalue weighted by Gasteiger charge is -2.38. The molecule has 6 nitrogen and oxygen atoms in total. The van der Waals surface area contributed by atoms with Crippen molar-refractivity contribution in [1.29, 1.82) is 0 Å². The van der Waals surface area contributed by atoms with Gasteiger partial charge in [0, 0.05) is 19.1 Å². The molecule has 2 aromatic carbocycles. The molecule has 1 atom stereocenters. The summed E-state index contributed by atoms with van der Waals surface area (Å²) in [4.78, 5) is 28.0. The average Bonchev–Trinajstić information content (AvgIpc) is 2.69. The number of amides is 2. The molecule has 0 spiro atoms. The van der Waals surface area contributed by atoms with E-state index in [1.165, 1.54) is 5.56 Å². The first-order chi connectivity index (χ1) is 14.0. The highest BCUT2D eigenvalue weighted by molar-refractivity contribution is 5.84. The minimum atomic E-state index is -0.493. The van der Waals surface area contributed by atoms with E-state index < -0.39 is 5.91 Å². The molecule has 3 N–H and O–H groups in total. The summed E-state index contributed by atoms with van der Waals surface area (Å²) >= 11 is 0. The minimum absolute atomic E-state index is 0.0303. The normalized spacial score (nSPS) is 16.2. The fraction of sp³-hybridized carbons (Fsp3) is 0.391. The van der Waals surface area contributed by atoms with Crippen LogP contribution in [0.5, 0.6) is 5.75 Å². The second-order valence-corrected chi connectivity index (χ2v) is 7.59. The highest BCUT2D eigenvalue weighted by Gasteiger charge is 2.30. The Balaban J connectivity index is 1.84. The van der Waals surface area contributed by atoms with Gasteiger partial charge in [0.2, 0.25) is 11.8 Å². The van der Waals surface area contributed by atoms with Gasteiger partial charge in [-0.25, -0.2) is 0 Å². The van der Waals surface area contributed by atoms with Gasteiger partial charge in [-0.2, -0.15) is 0 Å². The lowest BCUT2D eigenvalue weighted by Crippen LogP contribution is -2.47. The van der Waals surface area contributed by atoms with Gasteiger partial charge in [-0.3, -0.25) is 14.5 Å². The Morgan fingerprint density at radius 2 is 1.97 bits per heavy atom. The Morgan fingerprint density at radius 3 is 2.66 bits per heavy atom. The molecule has 1 heterocycles. The van der Waals surface area contributed by atoms with Crippen molar-refractivity contribution in [3.63, 3.8) is 0 Å². The van der Waals surface area contributed by atoms with Crippen molar-refractivity contribution >= 4 is 11.8 Å². The molecule has 1 unspecified atom stereocenters. The van der Waals surface area contributed by atoms with Crippen LogP contribution < -0.4 is 5.73 Å². The maximum absolute atomic E-state index is 12.9. The van der Waals surface area contributed by atoms with E-state index in [2.05, 4.69) is 17.0 Å². The zero-order valence-corrected chi connectivity index (χ0v) is 16.9. The van der Waals surface area contributed by atoms with Gasteiger partial charge in [-0.15, -0.1) is 0 Å². The number of phenols is 1. The Hall–Kier alpha value is -2.86. The van der Waals surface area contributed by atoms with E-state index in [1.807, 2.05) is 37.3 Å². The van der Waals surface area contributed by atoms with E-state index in [9.17, 15) is 14.7 Å². The Bertz CT molecular complexity index is 854. The van der Waals surface area contributed by atoms with E-state index in [-0.39, 0.29) is 30.8 Å².